The normalized spacial score (nSPS) is 9.95. The Morgan fingerprint density at radius 2 is 1.77 bits per heavy atom. The Bertz CT molecular complexity index is 515. The molecule has 1 aromatic rings. The first kappa shape index (κ1) is 17.9. The van der Waals surface area contributed by atoms with Gasteiger partial charge in [-0.1, -0.05) is 19.4 Å². The highest BCUT2D eigenvalue weighted by atomic mass is 16.3. The largest absolute Gasteiger partial charge is 0.396 e. The zero-order valence-corrected chi connectivity index (χ0v) is 13.2. The molecule has 22 heavy (non-hydrogen) atoms. The third kappa shape index (κ3) is 6.10. The van der Waals surface area contributed by atoms with E-state index in [9.17, 15) is 9.59 Å². The number of aliphatic hydroxyl groups excluding tert-OH is 1. The molecule has 1 rings (SSSR count). The van der Waals surface area contributed by atoms with E-state index in [4.69, 9.17) is 5.11 Å². The Morgan fingerprint density at radius 1 is 1.14 bits per heavy atom. The average Bonchev–Trinajstić information content (AvgIpc) is 2.53. The Labute approximate surface area is 131 Å². The number of amides is 2. The molecule has 5 heteroatoms. The number of hydrogen-bond acceptors (Lipinski definition) is 3. The molecule has 0 atom stereocenters. The molecule has 0 spiro atoms. The maximum Gasteiger partial charge on any atom is 0.251 e. The number of allylic oxidation sites excluding steroid dienone is 1. The van der Waals surface area contributed by atoms with E-state index < -0.39 is 0 Å². The van der Waals surface area contributed by atoms with Crippen LogP contribution in [0.15, 0.2) is 35.9 Å². The molecule has 120 valence electrons. The Kier molecular flexibility index (Phi) is 7.92. The summed E-state index contributed by atoms with van der Waals surface area (Å²) in [5.41, 5.74) is 2.27. The summed E-state index contributed by atoms with van der Waals surface area (Å²) in [7, 11) is 0. The van der Waals surface area contributed by atoms with E-state index in [2.05, 4.69) is 10.6 Å². The molecule has 0 aliphatic heterocycles. The number of benzene rings is 1. The molecular formula is C17H24N2O3. The van der Waals surface area contributed by atoms with Crippen molar-refractivity contribution >= 4 is 17.5 Å². The van der Waals surface area contributed by atoms with Crippen LogP contribution in [0.1, 0.15) is 43.5 Å². The molecule has 5 nitrogen and oxygen atoms in total. The molecule has 0 aliphatic carbocycles. The Balaban J connectivity index is 2.59. The van der Waals surface area contributed by atoms with Crippen molar-refractivity contribution < 1.29 is 14.7 Å². The number of carbonyl (C=O) groups is 2. The van der Waals surface area contributed by atoms with Crippen LogP contribution >= 0.6 is 0 Å². The summed E-state index contributed by atoms with van der Waals surface area (Å²) < 4.78 is 0. The number of anilines is 1. The lowest BCUT2D eigenvalue weighted by Crippen LogP contribution is -2.24. The molecule has 2 amide bonds. The van der Waals surface area contributed by atoms with Gasteiger partial charge in [-0.05, 0) is 43.5 Å². The second-order valence-electron chi connectivity index (χ2n) is 4.91. The van der Waals surface area contributed by atoms with E-state index in [0.29, 0.717) is 24.2 Å². The molecule has 0 bridgehead atoms. The van der Waals surface area contributed by atoms with Gasteiger partial charge in [-0.3, -0.25) is 9.59 Å². The second kappa shape index (κ2) is 9.73. The number of hydrogen-bond donors (Lipinski definition) is 3. The van der Waals surface area contributed by atoms with E-state index in [0.717, 1.165) is 18.4 Å². The second-order valence-corrected chi connectivity index (χ2v) is 4.91. The topological polar surface area (TPSA) is 78.4 Å². The van der Waals surface area contributed by atoms with Gasteiger partial charge in [0.2, 0.25) is 5.91 Å². The van der Waals surface area contributed by atoms with Crippen LogP contribution in [0, 0.1) is 0 Å². The van der Waals surface area contributed by atoms with Crippen LogP contribution in [0.4, 0.5) is 5.69 Å². The molecule has 0 heterocycles. The third-order valence-corrected chi connectivity index (χ3v) is 3.28. The van der Waals surface area contributed by atoms with Crippen LogP contribution in [0.3, 0.4) is 0 Å². The fourth-order valence-electron chi connectivity index (χ4n) is 1.91. The number of nitrogens with one attached hydrogen (secondary N) is 2. The molecule has 0 saturated carbocycles. The molecular weight excluding hydrogens is 280 g/mol. The summed E-state index contributed by atoms with van der Waals surface area (Å²) in [6, 6.07) is 6.72. The van der Waals surface area contributed by atoms with Crippen molar-refractivity contribution in [3.63, 3.8) is 0 Å². The minimum Gasteiger partial charge on any atom is -0.396 e. The molecule has 0 aliphatic rings. The van der Waals surface area contributed by atoms with Crippen LogP contribution in [0.2, 0.25) is 0 Å². The average molecular weight is 304 g/mol. The Morgan fingerprint density at radius 3 is 2.32 bits per heavy atom. The lowest BCUT2D eigenvalue weighted by molar-refractivity contribution is -0.112. The van der Waals surface area contributed by atoms with E-state index in [-0.39, 0.29) is 18.4 Å². The highest BCUT2D eigenvalue weighted by Gasteiger charge is 2.05. The smallest absolute Gasteiger partial charge is 0.251 e. The quantitative estimate of drug-likeness (QED) is 0.510. The fraction of sp³-hybridized carbons (Fsp3) is 0.412. The minimum absolute atomic E-state index is 0.0519. The maximum atomic E-state index is 11.8. The number of aliphatic hydroxyl groups is 1. The maximum absolute atomic E-state index is 11.8. The van der Waals surface area contributed by atoms with Crippen molar-refractivity contribution in [2.45, 2.75) is 33.1 Å². The lowest BCUT2D eigenvalue weighted by Gasteiger charge is -2.07. The van der Waals surface area contributed by atoms with Crippen LogP contribution in [-0.2, 0) is 4.79 Å². The molecule has 1 aromatic carbocycles. The van der Waals surface area contributed by atoms with Gasteiger partial charge in [0.05, 0.1) is 0 Å². The van der Waals surface area contributed by atoms with E-state index in [1.807, 2.05) is 13.8 Å². The fourth-order valence-corrected chi connectivity index (χ4v) is 1.91. The minimum atomic E-state index is -0.189. The first-order chi connectivity index (χ1) is 10.6. The zero-order valence-electron chi connectivity index (χ0n) is 13.2. The highest BCUT2D eigenvalue weighted by Crippen LogP contribution is 2.11. The van der Waals surface area contributed by atoms with E-state index in [1.165, 1.54) is 0 Å². The van der Waals surface area contributed by atoms with E-state index in [1.54, 1.807) is 30.3 Å². The van der Waals surface area contributed by atoms with Crippen LogP contribution in [0.5, 0.6) is 0 Å². The first-order valence-corrected chi connectivity index (χ1v) is 7.60. The lowest BCUT2D eigenvalue weighted by atomic mass is 10.1. The molecule has 0 unspecified atom stereocenters. The standard InChI is InChI=1S/C17H24N2O3/c1-3-13(4-2)12-16(21)19-15-8-6-14(7-9-15)17(22)18-10-5-11-20/h6-9,12,20H,3-5,10-11H2,1-2H3,(H,18,22)(H,19,21). The number of carbonyl (C=O) groups excluding carboxylic acids is 2. The van der Waals surface area contributed by atoms with Crippen molar-refractivity contribution in [3.8, 4) is 0 Å². The number of rotatable bonds is 8. The van der Waals surface area contributed by atoms with Gasteiger partial charge in [-0.2, -0.15) is 0 Å². The summed E-state index contributed by atoms with van der Waals surface area (Å²) >= 11 is 0. The third-order valence-electron chi connectivity index (χ3n) is 3.28. The van der Waals surface area contributed by atoms with Gasteiger partial charge >= 0.3 is 0 Å². The molecule has 0 fully saturated rings. The van der Waals surface area contributed by atoms with Gasteiger partial charge in [-0.15, -0.1) is 0 Å². The summed E-state index contributed by atoms with van der Waals surface area (Å²) in [4.78, 5) is 23.6. The van der Waals surface area contributed by atoms with Gasteiger partial charge in [0.25, 0.3) is 5.91 Å². The van der Waals surface area contributed by atoms with Gasteiger partial charge < -0.3 is 15.7 Å². The van der Waals surface area contributed by atoms with Crippen LogP contribution in [-0.4, -0.2) is 30.1 Å². The zero-order chi connectivity index (χ0) is 16.4. The first-order valence-electron chi connectivity index (χ1n) is 7.60. The van der Waals surface area contributed by atoms with Crippen molar-refractivity contribution in [2.24, 2.45) is 0 Å². The SMILES string of the molecule is CCC(=CC(=O)Nc1ccc(C(=O)NCCCO)cc1)CC. The van der Waals surface area contributed by atoms with Crippen molar-refractivity contribution in [2.75, 3.05) is 18.5 Å². The molecule has 0 aromatic heterocycles. The summed E-state index contributed by atoms with van der Waals surface area (Å²) in [5, 5.41) is 14.2. The highest BCUT2D eigenvalue weighted by molar-refractivity contribution is 6.00. The summed E-state index contributed by atoms with van der Waals surface area (Å²) in [6.45, 7) is 4.53. The Hall–Kier alpha value is -2.14. The predicted molar refractivity (Wildman–Crippen MR) is 87.8 cm³/mol. The van der Waals surface area contributed by atoms with Gasteiger partial charge in [0.1, 0.15) is 0 Å². The van der Waals surface area contributed by atoms with Crippen molar-refractivity contribution in [3.05, 3.63) is 41.5 Å². The molecule has 0 saturated heterocycles. The predicted octanol–water partition coefficient (Wildman–Crippen LogP) is 2.48. The monoisotopic (exact) mass is 304 g/mol. The van der Waals surface area contributed by atoms with Crippen LogP contribution < -0.4 is 10.6 Å². The van der Waals surface area contributed by atoms with Crippen molar-refractivity contribution in [1.29, 1.82) is 0 Å². The van der Waals surface area contributed by atoms with Crippen molar-refractivity contribution in [1.82, 2.24) is 5.32 Å². The summed E-state index contributed by atoms with van der Waals surface area (Å²) in [5.74, 6) is -0.343. The van der Waals surface area contributed by atoms with Gasteiger partial charge in [0, 0.05) is 30.5 Å². The molecule has 0 radical (unpaired) electrons. The van der Waals surface area contributed by atoms with Gasteiger partial charge in [-0.25, -0.2) is 0 Å². The summed E-state index contributed by atoms with van der Waals surface area (Å²) in [6.07, 6.45) is 3.87. The molecule has 3 N–H and O–H groups in total. The van der Waals surface area contributed by atoms with E-state index >= 15 is 0 Å². The van der Waals surface area contributed by atoms with Crippen LogP contribution in [0.25, 0.3) is 0 Å². The van der Waals surface area contributed by atoms with Gasteiger partial charge in [0.15, 0.2) is 0 Å².